The fraction of sp³-hybridized carbons (Fsp3) is 0.500. The molecule has 4 rings (SSSR count). The number of halogens is 1. The number of hydrogen-bond donors (Lipinski definition) is 1. The Morgan fingerprint density at radius 1 is 1.24 bits per heavy atom. The zero-order valence-electron chi connectivity index (χ0n) is 22.1. The maximum atomic E-state index is 13.6. The van der Waals surface area contributed by atoms with Crippen LogP contribution in [0.4, 0.5) is 4.39 Å². The first kappa shape index (κ1) is 26.6. The number of aromatic nitrogens is 3. The predicted octanol–water partition coefficient (Wildman–Crippen LogP) is 4.16. The Morgan fingerprint density at radius 2 is 1.95 bits per heavy atom. The summed E-state index contributed by atoms with van der Waals surface area (Å²) in [4.78, 5) is 42.5. The SMILES string of the molecule is COc1cc(C)[nH]c(=O)c1CCC(=O)c1c(C)c(C(C)C2CCN(C(=O)C(C)F)CC2)n2ncccc12. The minimum Gasteiger partial charge on any atom is -0.496 e. The van der Waals surface area contributed by atoms with Gasteiger partial charge in [-0.15, -0.1) is 0 Å². The van der Waals surface area contributed by atoms with Crippen molar-refractivity contribution < 1.29 is 18.7 Å². The van der Waals surface area contributed by atoms with E-state index in [9.17, 15) is 18.8 Å². The van der Waals surface area contributed by atoms with E-state index in [1.807, 2.05) is 23.6 Å². The minimum atomic E-state index is -1.49. The molecule has 37 heavy (non-hydrogen) atoms. The number of hydrogen-bond acceptors (Lipinski definition) is 5. The lowest BCUT2D eigenvalue weighted by atomic mass is 9.82. The van der Waals surface area contributed by atoms with E-state index in [4.69, 9.17) is 4.74 Å². The van der Waals surface area contributed by atoms with Crippen molar-refractivity contribution in [3.05, 3.63) is 62.8 Å². The van der Waals surface area contributed by atoms with Crippen molar-refractivity contribution in [1.29, 1.82) is 0 Å². The lowest BCUT2D eigenvalue weighted by Crippen LogP contribution is -2.42. The number of aromatic amines is 1. The van der Waals surface area contributed by atoms with E-state index < -0.39 is 12.1 Å². The molecule has 4 heterocycles. The lowest BCUT2D eigenvalue weighted by Gasteiger charge is -2.35. The van der Waals surface area contributed by atoms with Gasteiger partial charge >= 0.3 is 0 Å². The number of fused-ring (bicyclic) bond motifs is 1. The van der Waals surface area contributed by atoms with Gasteiger partial charge in [0.15, 0.2) is 12.0 Å². The normalized spacial score (nSPS) is 16.1. The van der Waals surface area contributed by atoms with Gasteiger partial charge in [0.25, 0.3) is 11.5 Å². The molecule has 1 aliphatic rings. The molecular formula is C28H35FN4O4. The van der Waals surface area contributed by atoms with Crippen LogP contribution in [-0.2, 0) is 11.2 Å². The van der Waals surface area contributed by atoms with Gasteiger partial charge in [0.05, 0.1) is 18.2 Å². The Balaban J connectivity index is 1.59. The van der Waals surface area contributed by atoms with Crippen molar-refractivity contribution in [1.82, 2.24) is 19.5 Å². The van der Waals surface area contributed by atoms with Crippen LogP contribution < -0.4 is 10.3 Å². The average Bonchev–Trinajstić information content (AvgIpc) is 3.18. The number of nitrogens with zero attached hydrogens (tertiary/aromatic N) is 3. The Bertz CT molecular complexity index is 1370. The van der Waals surface area contributed by atoms with Crippen molar-refractivity contribution in [3.63, 3.8) is 0 Å². The molecule has 1 aliphatic heterocycles. The minimum absolute atomic E-state index is 0.0548. The van der Waals surface area contributed by atoms with Gasteiger partial charge in [0.2, 0.25) is 0 Å². The molecule has 8 nitrogen and oxygen atoms in total. The number of carbonyl (C=O) groups is 2. The first-order chi connectivity index (χ1) is 17.6. The summed E-state index contributed by atoms with van der Waals surface area (Å²) in [6, 6.07) is 5.47. The number of amides is 1. The number of piperidine rings is 1. The van der Waals surface area contributed by atoms with Crippen molar-refractivity contribution in [2.24, 2.45) is 5.92 Å². The summed E-state index contributed by atoms with van der Waals surface area (Å²) in [6.45, 7) is 8.20. The third-order valence-electron chi connectivity index (χ3n) is 7.65. The van der Waals surface area contributed by atoms with Gasteiger partial charge in [-0.3, -0.25) is 14.4 Å². The second-order valence-electron chi connectivity index (χ2n) is 10.0. The maximum Gasteiger partial charge on any atom is 0.256 e. The molecule has 1 amide bonds. The molecule has 2 unspecified atom stereocenters. The van der Waals surface area contributed by atoms with Crippen LogP contribution in [0.2, 0.25) is 0 Å². The number of carbonyl (C=O) groups excluding carboxylic acids is 2. The number of H-pyrrole nitrogens is 1. The molecule has 9 heteroatoms. The number of rotatable bonds is 8. The molecule has 0 aromatic carbocycles. The number of ketones is 1. The van der Waals surface area contributed by atoms with Crippen LogP contribution in [-0.4, -0.2) is 57.6 Å². The maximum absolute atomic E-state index is 13.6. The number of aryl methyl sites for hydroxylation is 1. The summed E-state index contributed by atoms with van der Waals surface area (Å²) in [5.41, 5.74) is 4.15. The summed E-state index contributed by atoms with van der Waals surface area (Å²) >= 11 is 0. The van der Waals surface area contributed by atoms with Crippen LogP contribution in [0.3, 0.4) is 0 Å². The summed E-state index contributed by atoms with van der Waals surface area (Å²) in [5, 5.41) is 4.57. The molecule has 2 atom stereocenters. The van der Waals surface area contributed by atoms with E-state index in [-0.39, 0.29) is 36.0 Å². The van der Waals surface area contributed by atoms with Crippen LogP contribution in [0.25, 0.3) is 5.52 Å². The molecule has 3 aromatic rings. The van der Waals surface area contributed by atoms with Crippen LogP contribution in [0.1, 0.15) is 71.9 Å². The second kappa shape index (κ2) is 10.9. The largest absolute Gasteiger partial charge is 0.496 e. The van der Waals surface area contributed by atoms with E-state index in [2.05, 4.69) is 17.0 Å². The van der Waals surface area contributed by atoms with E-state index in [0.29, 0.717) is 35.7 Å². The van der Waals surface area contributed by atoms with Gasteiger partial charge < -0.3 is 14.6 Å². The quantitative estimate of drug-likeness (QED) is 0.459. The number of methoxy groups -OCH3 is 1. The third-order valence-corrected chi connectivity index (χ3v) is 7.65. The monoisotopic (exact) mass is 510 g/mol. The molecule has 1 fully saturated rings. The predicted molar refractivity (Wildman–Crippen MR) is 139 cm³/mol. The van der Waals surface area contributed by atoms with Gasteiger partial charge in [0, 0.05) is 48.6 Å². The van der Waals surface area contributed by atoms with Gasteiger partial charge in [-0.25, -0.2) is 8.91 Å². The zero-order chi connectivity index (χ0) is 26.9. The Morgan fingerprint density at radius 3 is 2.59 bits per heavy atom. The number of nitrogens with one attached hydrogen (secondary N) is 1. The van der Waals surface area contributed by atoms with E-state index in [1.54, 1.807) is 24.1 Å². The zero-order valence-corrected chi connectivity index (χ0v) is 22.1. The molecule has 3 aromatic heterocycles. The topological polar surface area (TPSA) is 96.8 Å². The molecular weight excluding hydrogens is 475 g/mol. The molecule has 0 bridgehead atoms. The van der Waals surface area contributed by atoms with Gasteiger partial charge in [-0.05, 0) is 69.7 Å². The Kier molecular flexibility index (Phi) is 7.80. The van der Waals surface area contributed by atoms with E-state index in [0.717, 1.165) is 29.6 Å². The molecule has 1 N–H and O–H groups in total. The third kappa shape index (κ3) is 5.17. The summed E-state index contributed by atoms with van der Waals surface area (Å²) in [5.74, 6) is 0.338. The molecule has 0 saturated carbocycles. The Labute approximate surface area is 215 Å². The van der Waals surface area contributed by atoms with Gasteiger partial charge in [-0.1, -0.05) is 6.92 Å². The highest BCUT2D eigenvalue weighted by atomic mass is 19.1. The number of alkyl halides is 1. The van der Waals surface area contributed by atoms with Crippen molar-refractivity contribution in [3.8, 4) is 5.75 Å². The summed E-state index contributed by atoms with van der Waals surface area (Å²) in [7, 11) is 1.52. The summed E-state index contributed by atoms with van der Waals surface area (Å²) in [6.07, 6.45) is 2.17. The molecule has 198 valence electrons. The highest BCUT2D eigenvalue weighted by Gasteiger charge is 2.32. The average molecular weight is 511 g/mol. The van der Waals surface area contributed by atoms with Crippen molar-refractivity contribution in [2.45, 2.75) is 65.5 Å². The molecule has 1 saturated heterocycles. The fourth-order valence-electron chi connectivity index (χ4n) is 5.68. The number of ether oxygens (including phenoxy) is 1. The number of Topliss-reactive ketones (excluding diaryl/α,β-unsaturated/α-hetero) is 1. The van der Waals surface area contributed by atoms with Gasteiger partial charge in [-0.2, -0.15) is 5.10 Å². The Hall–Kier alpha value is -3.49. The standard InChI is InChI=1S/C28H35FN4O4/c1-16-15-24(37-5)21(27(35)31-16)8-9-23(34)25-18(3)26(33-22(25)7-6-12-30-33)17(2)20-10-13-32(14-11-20)28(36)19(4)29/h6-7,12,15,17,19-20H,8-11,13-14H2,1-5H3,(H,31,35). The highest BCUT2D eigenvalue weighted by molar-refractivity contribution is 6.04. The van der Waals surface area contributed by atoms with Crippen LogP contribution in [0, 0.1) is 19.8 Å². The summed E-state index contributed by atoms with van der Waals surface area (Å²) < 4.78 is 20.7. The van der Waals surface area contributed by atoms with E-state index in [1.165, 1.54) is 14.0 Å². The highest BCUT2D eigenvalue weighted by Crippen LogP contribution is 2.37. The second-order valence-corrected chi connectivity index (χ2v) is 10.0. The number of likely N-dealkylation sites (tertiary alicyclic amines) is 1. The van der Waals surface area contributed by atoms with E-state index >= 15 is 0 Å². The van der Waals surface area contributed by atoms with Gasteiger partial charge in [0.1, 0.15) is 5.75 Å². The van der Waals surface area contributed by atoms with Crippen molar-refractivity contribution in [2.75, 3.05) is 20.2 Å². The van der Waals surface area contributed by atoms with Crippen molar-refractivity contribution >= 4 is 17.2 Å². The molecule has 0 spiro atoms. The smallest absolute Gasteiger partial charge is 0.256 e. The first-order valence-corrected chi connectivity index (χ1v) is 12.8. The lowest BCUT2D eigenvalue weighted by molar-refractivity contribution is -0.137. The molecule has 0 radical (unpaired) electrons. The molecule has 0 aliphatic carbocycles. The van der Waals surface area contributed by atoms with Crippen LogP contribution in [0.15, 0.2) is 29.2 Å². The van der Waals surface area contributed by atoms with Crippen LogP contribution in [0.5, 0.6) is 5.75 Å². The fourth-order valence-corrected chi connectivity index (χ4v) is 5.68. The number of pyridine rings is 1. The first-order valence-electron chi connectivity index (χ1n) is 12.8. The van der Waals surface area contributed by atoms with Crippen LogP contribution >= 0.6 is 0 Å².